The molecule has 44 heavy (non-hydrogen) atoms. The van der Waals surface area contributed by atoms with Gasteiger partial charge in [0.2, 0.25) is 0 Å². The maximum atomic E-state index is 5.00. The molecule has 2 heterocycles. The van der Waals surface area contributed by atoms with E-state index in [2.05, 4.69) is 89.5 Å². The standard InChI is InChI=1S/C40H26N4/c1-3-12-26(13-4-1)38-41-39(27-14-5-2-6-15-27)43-40(42-38)30-17-11-18-31(25-30)44-35-21-10-9-20-33(35)34-23-22-29-24-28-16-7-8-19-32(28)36(29)37(34)44/h1-23,25H,24H2. The van der Waals surface area contributed by atoms with Crippen LogP contribution in [0.1, 0.15) is 11.1 Å². The van der Waals surface area contributed by atoms with Crippen molar-refractivity contribution >= 4 is 21.8 Å². The number of para-hydroxylation sites is 1. The first-order valence-corrected chi connectivity index (χ1v) is 14.9. The van der Waals surface area contributed by atoms with Gasteiger partial charge in [-0.05, 0) is 41.3 Å². The predicted molar refractivity (Wildman–Crippen MR) is 179 cm³/mol. The van der Waals surface area contributed by atoms with Gasteiger partial charge in [-0.15, -0.1) is 0 Å². The second-order valence-corrected chi connectivity index (χ2v) is 11.3. The van der Waals surface area contributed by atoms with Gasteiger partial charge in [0.15, 0.2) is 17.5 Å². The Morgan fingerprint density at radius 2 is 1.07 bits per heavy atom. The number of rotatable bonds is 4. The molecule has 6 aromatic carbocycles. The van der Waals surface area contributed by atoms with Crippen LogP contribution in [0.4, 0.5) is 0 Å². The maximum absolute atomic E-state index is 5.00. The summed E-state index contributed by atoms with van der Waals surface area (Å²) < 4.78 is 2.42. The van der Waals surface area contributed by atoms with Crippen molar-refractivity contribution < 1.29 is 0 Å². The van der Waals surface area contributed by atoms with Gasteiger partial charge in [0, 0.05) is 38.7 Å². The van der Waals surface area contributed by atoms with E-state index in [0.717, 1.165) is 28.8 Å². The van der Waals surface area contributed by atoms with E-state index in [9.17, 15) is 0 Å². The molecule has 1 aliphatic rings. The van der Waals surface area contributed by atoms with Gasteiger partial charge in [0.1, 0.15) is 0 Å². The molecule has 4 nitrogen and oxygen atoms in total. The fraction of sp³-hybridized carbons (Fsp3) is 0.0250. The van der Waals surface area contributed by atoms with Crippen LogP contribution >= 0.6 is 0 Å². The minimum absolute atomic E-state index is 0.649. The summed E-state index contributed by atoms with van der Waals surface area (Å²) in [6.07, 6.45) is 0.957. The lowest BCUT2D eigenvalue weighted by Gasteiger charge is -2.13. The van der Waals surface area contributed by atoms with Crippen LogP contribution in [-0.4, -0.2) is 19.5 Å². The molecule has 0 aliphatic heterocycles. The Kier molecular flexibility index (Phi) is 5.53. The maximum Gasteiger partial charge on any atom is 0.164 e. The lowest BCUT2D eigenvalue weighted by molar-refractivity contribution is 1.07. The van der Waals surface area contributed by atoms with Gasteiger partial charge in [-0.2, -0.15) is 0 Å². The zero-order valence-corrected chi connectivity index (χ0v) is 23.9. The third-order valence-electron chi connectivity index (χ3n) is 8.65. The summed E-state index contributed by atoms with van der Waals surface area (Å²) in [6.45, 7) is 0. The Bertz CT molecular complexity index is 2300. The normalized spacial score (nSPS) is 12.0. The first-order chi connectivity index (χ1) is 21.8. The highest BCUT2D eigenvalue weighted by Crippen LogP contribution is 2.45. The molecule has 0 spiro atoms. The molecule has 2 aromatic heterocycles. The first-order valence-electron chi connectivity index (χ1n) is 14.9. The van der Waals surface area contributed by atoms with Crippen molar-refractivity contribution in [3.63, 3.8) is 0 Å². The second-order valence-electron chi connectivity index (χ2n) is 11.3. The minimum Gasteiger partial charge on any atom is -0.309 e. The molecule has 0 atom stereocenters. The smallest absolute Gasteiger partial charge is 0.164 e. The molecule has 0 saturated carbocycles. The zero-order chi connectivity index (χ0) is 29.0. The van der Waals surface area contributed by atoms with Crippen molar-refractivity contribution in [1.82, 2.24) is 19.5 Å². The number of aromatic nitrogens is 4. The van der Waals surface area contributed by atoms with E-state index in [1.165, 1.54) is 44.1 Å². The largest absolute Gasteiger partial charge is 0.309 e. The molecule has 0 fully saturated rings. The molecular formula is C40H26N4. The lowest BCUT2D eigenvalue weighted by atomic mass is 10.0. The Balaban J connectivity index is 1.29. The highest BCUT2D eigenvalue weighted by Gasteiger charge is 2.25. The van der Waals surface area contributed by atoms with Crippen LogP contribution in [0, 0.1) is 0 Å². The molecule has 0 radical (unpaired) electrons. The number of fused-ring (bicyclic) bond motifs is 7. The van der Waals surface area contributed by atoms with E-state index in [4.69, 9.17) is 15.0 Å². The summed E-state index contributed by atoms with van der Waals surface area (Å²) in [4.78, 5) is 14.9. The van der Waals surface area contributed by atoms with E-state index >= 15 is 0 Å². The topological polar surface area (TPSA) is 43.6 Å². The molecule has 0 unspecified atom stereocenters. The fourth-order valence-electron chi connectivity index (χ4n) is 6.66. The van der Waals surface area contributed by atoms with Crippen molar-refractivity contribution in [3.05, 3.63) is 157 Å². The van der Waals surface area contributed by atoms with Gasteiger partial charge in [-0.3, -0.25) is 0 Å². The van der Waals surface area contributed by atoms with Crippen molar-refractivity contribution in [1.29, 1.82) is 0 Å². The zero-order valence-electron chi connectivity index (χ0n) is 23.9. The average Bonchev–Trinajstić information content (AvgIpc) is 3.65. The Hall–Kier alpha value is -5.87. The lowest BCUT2D eigenvalue weighted by Crippen LogP contribution is -2.01. The van der Waals surface area contributed by atoms with Crippen molar-refractivity contribution in [3.8, 4) is 51.0 Å². The predicted octanol–water partition coefficient (Wildman–Crippen LogP) is 9.54. The molecule has 9 rings (SSSR count). The molecule has 4 heteroatoms. The summed E-state index contributed by atoms with van der Waals surface area (Å²) in [5, 5.41) is 2.51. The number of hydrogen-bond acceptors (Lipinski definition) is 3. The molecule has 0 N–H and O–H groups in total. The van der Waals surface area contributed by atoms with Crippen LogP contribution in [0.2, 0.25) is 0 Å². The quantitative estimate of drug-likeness (QED) is 0.215. The third kappa shape index (κ3) is 3.89. The molecule has 206 valence electrons. The summed E-state index contributed by atoms with van der Waals surface area (Å²) in [5.74, 6) is 1.97. The van der Waals surface area contributed by atoms with E-state index in [1.54, 1.807) is 0 Å². The van der Waals surface area contributed by atoms with Gasteiger partial charge in [-0.1, -0.05) is 127 Å². The molecule has 8 aromatic rings. The number of nitrogens with zero attached hydrogens (tertiary/aromatic N) is 4. The Labute approximate surface area is 255 Å². The molecule has 0 amide bonds. The Morgan fingerprint density at radius 3 is 1.82 bits per heavy atom. The van der Waals surface area contributed by atoms with Crippen LogP contribution in [-0.2, 0) is 6.42 Å². The van der Waals surface area contributed by atoms with Gasteiger partial charge in [0.05, 0.1) is 11.0 Å². The van der Waals surface area contributed by atoms with Crippen molar-refractivity contribution in [2.24, 2.45) is 0 Å². The van der Waals surface area contributed by atoms with Crippen LogP contribution < -0.4 is 0 Å². The number of hydrogen-bond donors (Lipinski definition) is 0. The SMILES string of the molecule is c1ccc(-c2nc(-c3ccccc3)nc(-c3cccc(-n4c5ccccc5c5ccc6c(c54)-c4ccccc4C6)c3)n2)cc1. The van der Waals surface area contributed by atoms with E-state index in [0.29, 0.717) is 17.5 Å². The fourth-order valence-corrected chi connectivity index (χ4v) is 6.66. The molecular weight excluding hydrogens is 536 g/mol. The summed E-state index contributed by atoms with van der Waals surface area (Å²) in [5.41, 5.74) is 11.8. The highest BCUT2D eigenvalue weighted by atomic mass is 15.0. The first kappa shape index (κ1) is 24.7. The molecule has 0 bridgehead atoms. The van der Waals surface area contributed by atoms with E-state index in [-0.39, 0.29) is 0 Å². The van der Waals surface area contributed by atoms with Crippen molar-refractivity contribution in [2.45, 2.75) is 6.42 Å². The highest BCUT2D eigenvalue weighted by molar-refractivity contribution is 6.15. The molecule has 0 saturated heterocycles. The monoisotopic (exact) mass is 562 g/mol. The van der Waals surface area contributed by atoms with Gasteiger partial charge in [0.25, 0.3) is 0 Å². The van der Waals surface area contributed by atoms with Crippen LogP contribution in [0.15, 0.2) is 146 Å². The van der Waals surface area contributed by atoms with Gasteiger partial charge in [-0.25, -0.2) is 15.0 Å². The van der Waals surface area contributed by atoms with E-state index in [1.807, 2.05) is 60.7 Å². The number of benzene rings is 6. The van der Waals surface area contributed by atoms with E-state index < -0.39 is 0 Å². The molecule has 1 aliphatic carbocycles. The summed E-state index contributed by atoms with van der Waals surface area (Å²) in [6, 6.07) is 51.0. The van der Waals surface area contributed by atoms with Crippen LogP contribution in [0.3, 0.4) is 0 Å². The van der Waals surface area contributed by atoms with Gasteiger partial charge < -0.3 is 4.57 Å². The summed E-state index contributed by atoms with van der Waals surface area (Å²) in [7, 11) is 0. The second kappa shape index (κ2) is 9.85. The van der Waals surface area contributed by atoms with Crippen LogP contribution in [0.5, 0.6) is 0 Å². The minimum atomic E-state index is 0.649. The summed E-state index contributed by atoms with van der Waals surface area (Å²) >= 11 is 0. The Morgan fingerprint density at radius 1 is 0.455 bits per heavy atom. The van der Waals surface area contributed by atoms with Gasteiger partial charge >= 0.3 is 0 Å². The van der Waals surface area contributed by atoms with Crippen LogP contribution in [0.25, 0.3) is 72.8 Å². The average molecular weight is 563 g/mol. The van der Waals surface area contributed by atoms with Crippen molar-refractivity contribution in [2.75, 3.05) is 0 Å². The third-order valence-corrected chi connectivity index (χ3v) is 8.65.